The number of anilines is 2. The number of imide groups is 2. The number of aromatic hydroxyl groups is 1. The number of amides is 4. The highest BCUT2D eigenvalue weighted by atomic mass is 35.5. The molecule has 5 heterocycles. The van der Waals surface area contributed by atoms with E-state index in [9.17, 15) is 41.0 Å². The topological polar surface area (TPSA) is 145 Å². The van der Waals surface area contributed by atoms with Crippen molar-refractivity contribution in [1.29, 1.82) is 0 Å². The molecule has 0 radical (unpaired) electrons. The molecule has 4 amide bonds. The zero-order chi connectivity index (χ0) is 45.1. The van der Waals surface area contributed by atoms with Gasteiger partial charge in [0.2, 0.25) is 0 Å². The largest absolute Gasteiger partial charge is 0.508 e. The molecule has 2 aromatic heterocycles. The Kier molecular flexibility index (Phi) is 10.0. The van der Waals surface area contributed by atoms with E-state index in [0.29, 0.717) is 56.4 Å². The second kappa shape index (κ2) is 14.9. The lowest BCUT2D eigenvalue weighted by Crippen LogP contribution is -2.55. The molecule has 9 rings (SSSR count). The third kappa shape index (κ3) is 6.67. The molecule has 6 atom stereocenters. The summed E-state index contributed by atoms with van der Waals surface area (Å²) in [6.07, 6.45) is -6.36. The van der Waals surface area contributed by atoms with E-state index in [1.807, 2.05) is 0 Å². The van der Waals surface area contributed by atoms with Gasteiger partial charge in [-0.05, 0) is 78.4 Å². The molecule has 6 unspecified atom stereocenters. The maximum Gasteiger partial charge on any atom is 0.433 e. The van der Waals surface area contributed by atoms with Gasteiger partial charge in [-0.3, -0.25) is 29.6 Å². The molecule has 1 saturated carbocycles. The molecule has 63 heavy (non-hydrogen) atoms. The zero-order valence-electron chi connectivity index (χ0n) is 32.1. The molecule has 21 heteroatoms. The molecule has 2 aliphatic carbocycles. The first-order chi connectivity index (χ1) is 29.7. The molecule has 2 aromatic carbocycles. The highest BCUT2D eigenvalue weighted by Crippen LogP contribution is 2.63. The monoisotopic (exact) mass is 932 g/mol. The Morgan fingerprint density at radius 1 is 0.889 bits per heavy atom. The van der Waals surface area contributed by atoms with Crippen molar-refractivity contribution < 1.29 is 55.4 Å². The number of phenols is 1. The number of fused-ring (bicyclic) bond motifs is 5. The van der Waals surface area contributed by atoms with Crippen molar-refractivity contribution in [2.24, 2.45) is 29.6 Å². The smallest absolute Gasteiger partial charge is 0.433 e. The van der Waals surface area contributed by atoms with Gasteiger partial charge in [-0.1, -0.05) is 58.6 Å². The molecule has 3 fully saturated rings. The molecule has 0 spiro atoms. The van der Waals surface area contributed by atoms with Crippen LogP contribution in [0.15, 0.2) is 90.3 Å². The van der Waals surface area contributed by atoms with Crippen LogP contribution in [0.1, 0.15) is 35.2 Å². The number of pyridine rings is 2. The van der Waals surface area contributed by atoms with Crippen molar-refractivity contribution in [1.82, 2.24) is 20.0 Å². The number of allylic oxidation sites excluding steroid dienone is 3. The maximum absolute atomic E-state index is 15.5. The number of rotatable bonds is 6. The fraction of sp³-hybridized carbons (Fsp3) is 0.286. The van der Waals surface area contributed by atoms with Crippen LogP contribution in [0.5, 0.6) is 11.5 Å². The molecular formula is C42H29Cl3F6N6O6. The third-order valence-corrected chi connectivity index (χ3v) is 13.2. The predicted octanol–water partition coefficient (Wildman–Crippen LogP) is 8.57. The number of aromatic nitrogens is 2. The number of nitrogens with zero attached hydrogens (tertiary/aromatic N) is 5. The minimum absolute atomic E-state index is 0.0528. The fourth-order valence-corrected chi connectivity index (χ4v) is 10.4. The number of hydrogen-bond donors (Lipinski definition) is 2. The van der Waals surface area contributed by atoms with Gasteiger partial charge >= 0.3 is 12.4 Å². The highest BCUT2D eigenvalue weighted by molar-refractivity contribution is 6.33. The lowest BCUT2D eigenvalue weighted by molar-refractivity contribution is -0.142. The first kappa shape index (κ1) is 42.5. The minimum Gasteiger partial charge on any atom is -0.508 e. The average molecular weight is 934 g/mol. The number of benzene rings is 2. The normalized spacial score (nSPS) is 25.5. The predicted molar refractivity (Wildman–Crippen MR) is 213 cm³/mol. The second-order valence-electron chi connectivity index (χ2n) is 15.7. The average Bonchev–Trinajstić information content (AvgIpc) is 3.61. The number of halogens is 9. The van der Waals surface area contributed by atoms with Gasteiger partial charge in [0, 0.05) is 36.2 Å². The minimum atomic E-state index is -4.89. The van der Waals surface area contributed by atoms with Gasteiger partial charge in [-0.2, -0.15) is 36.4 Å². The van der Waals surface area contributed by atoms with Crippen molar-refractivity contribution in [2.75, 3.05) is 17.5 Å². The summed E-state index contributed by atoms with van der Waals surface area (Å²) < 4.78 is 88.1. The lowest BCUT2D eigenvalue weighted by Gasteiger charge is -2.51. The first-order valence-corrected chi connectivity index (χ1v) is 20.2. The number of ether oxygens (including phenoxy) is 1. The maximum atomic E-state index is 15.5. The molecule has 2 saturated heterocycles. The van der Waals surface area contributed by atoms with Crippen LogP contribution in [0, 0.1) is 29.6 Å². The summed E-state index contributed by atoms with van der Waals surface area (Å²) in [6.45, 7) is 0. The Balaban J connectivity index is 1.19. The van der Waals surface area contributed by atoms with Crippen molar-refractivity contribution in [3.8, 4) is 11.5 Å². The van der Waals surface area contributed by atoms with Crippen LogP contribution >= 0.6 is 34.8 Å². The van der Waals surface area contributed by atoms with Gasteiger partial charge in [0.05, 0.1) is 45.0 Å². The van der Waals surface area contributed by atoms with Crippen LogP contribution in [-0.4, -0.2) is 55.8 Å². The Labute approximate surface area is 367 Å². The van der Waals surface area contributed by atoms with Crippen LogP contribution in [0.4, 0.5) is 38.0 Å². The lowest BCUT2D eigenvalue weighted by atomic mass is 9.48. The number of phenolic OH excluding ortho intramolecular Hbond substituents is 1. The fourth-order valence-electron chi connectivity index (χ4n) is 9.79. The number of alkyl halides is 6. The Morgan fingerprint density at radius 2 is 1.62 bits per heavy atom. The number of hydrogen-bond acceptors (Lipinski definition) is 10. The van der Waals surface area contributed by atoms with Gasteiger partial charge in [-0.15, -0.1) is 0 Å². The summed E-state index contributed by atoms with van der Waals surface area (Å²) in [7, 11) is 1.17. The van der Waals surface area contributed by atoms with Crippen molar-refractivity contribution in [3.63, 3.8) is 0 Å². The molecule has 12 nitrogen and oxygen atoms in total. The molecule has 3 aliphatic heterocycles. The summed E-state index contributed by atoms with van der Waals surface area (Å²) in [5.74, 6) is -9.77. The zero-order valence-corrected chi connectivity index (χ0v) is 34.4. The summed E-state index contributed by atoms with van der Waals surface area (Å²) in [6, 6.07) is 12.7. The van der Waals surface area contributed by atoms with E-state index in [4.69, 9.17) is 39.5 Å². The van der Waals surface area contributed by atoms with E-state index >= 15 is 9.59 Å². The molecule has 326 valence electrons. The SMILES string of the molecule is CN(c1nc(C(F)(F)F)ccc1Cl)N1C(=O)C2CC=C3C(CC4C(=O)N(Nc5ncc(C(F)(F)F)cc5Cl)C(=O)C4(c4ccc(Cl)cc4)C3C3=COc4ccc(O)cc4C3)C2C1=O. The van der Waals surface area contributed by atoms with Crippen LogP contribution in [-0.2, 0) is 43.4 Å². The van der Waals surface area contributed by atoms with Gasteiger partial charge < -0.3 is 9.84 Å². The van der Waals surface area contributed by atoms with Crippen molar-refractivity contribution in [3.05, 3.63) is 128 Å². The number of carbonyl (C=O) groups excluding carboxylic acids is 4. The second-order valence-corrected chi connectivity index (χ2v) is 17.0. The van der Waals surface area contributed by atoms with Crippen LogP contribution < -0.4 is 15.2 Å². The third-order valence-electron chi connectivity index (χ3n) is 12.4. The molecular weight excluding hydrogens is 905 g/mol. The highest BCUT2D eigenvalue weighted by Gasteiger charge is 2.71. The van der Waals surface area contributed by atoms with Crippen LogP contribution in [0.25, 0.3) is 0 Å². The molecule has 5 aliphatic rings. The molecule has 0 bridgehead atoms. The van der Waals surface area contributed by atoms with Gasteiger partial charge in [0.25, 0.3) is 23.6 Å². The number of carbonyl (C=O) groups is 4. The van der Waals surface area contributed by atoms with E-state index in [0.717, 1.165) is 11.1 Å². The quantitative estimate of drug-likeness (QED) is 0.110. The van der Waals surface area contributed by atoms with Crippen molar-refractivity contribution in [2.45, 2.75) is 37.0 Å². The Morgan fingerprint density at radius 3 is 2.30 bits per heavy atom. The Hall–Kier alpha value is -5.85. The standard InChI is InChI=1S/C42H29Cl3F6N6O6/c1-55(35-28(44)9-11-31(53-35)42(49,50)51)57-36(59)25-8-7-24-26(32(25)38(57)61)15-27-37(60)56(54-34-29(45)14-21(16-52-34)41(46,47)48)39(62)40(27,20-2-4-22(43)5-3-20)33(24)19-12-18-13-23(58)6-10-30(18)63-17-19/h2-7,9-11,13-14,16-17,25-27,32-33,58H,8,12,15H2,1H3,(H,52,54). The van der Waals surface area contributed by atoms with Crippen molar-refractivity contribution >= 4 is 70.1 Å². The summed E-state index contributed by atoms with van der Waals surface area (Å²) in [5.41, 5.74) is -0.155. The molecule has 2 N–H and O–H groups in total. The summed E-state index contributed by atoms with van der Waals surface area (Å²) >= 11 is 18.9. The van der Waals surface area contributed by atoms with Gasteiger partial charge in [-0.25, -0.2) is 9.97 Å². The van der Waals surface area contributed by atoms with E-state index in [1.54, 1.807) is 24.3 Å². The van der Waals surface area contributed by atoms with E-state index in [-0.39, 0.29) is 35.1 Å². The van der Waals surface area contributed by atoms with E-state index < -0.39 is 98.9 Å². The van der Waals surface area contributed by atoms with E-state index in [2.05, 4.69) is 15.4 Å². The first-order valence-electron chi connectivity index (χ1n) is 19.1. The summed E-state index contributed by atoms with van der Waals surface area (Å²) in [5, 5.41) is 12.1. The number of nitrogens with one attached hydrogen (secondary N) is 1. The van der Waals surface area contributed by atoms with Crippen LogP contribution in [0.3, 0.4) is 0 Å². The van der Waals surface area contributed by atoms with Gasteiger partial charge in [0.1, 0.15) is 17.2 Å². The molecule has 4 aromatic rings. The number of hydrazine groups is 2. The Bertz CT molecular complexity index is 2720. The van der Waals surface area contributed by atoms with Gasteiger partial charge in [0.15, 0.2) is 11.6 Å². The van der Waals surface area contributed by atoms with Crippen LogP contribution in [0.2, 0.25) is 15.1 Å². The summed E-state index contributed by atoms with van der Waals surface area (Å²) in [4.78, 5) is 66.9. The van der Waals surface area contributed by atoms with E-state index in [1.165, 1.54) is 37.6 Å².